The fourth-order valence-corrected chi connectivity index (χ4v) is 4.38. The van der Waals surface area contributed by atoms with Gasteiger partial charge < -0.3 is 9.73 Å². The Morgan fingerprint density at radius 1 is 1.03 bits per heavy atom. The number of furan rings is 1. The highest BCUT2D eigenvalue weighted by atomic mass is 32.2. The molecule has 2 aromatic heterocycles. The standard InChI is InChI=1S/C22H20N4O2S2/c1-29-19-12-6-5-10-17(19)23-20(27)13-15-30-22-25-24-21(18-11-7-14-28-18)26(22)16-8-3-2-4-9-16/h2-12,14H,13,15H2,1H3,(H,23,27). The molecule has 0 radical (unpaired) electrons. The summed E-state index contributed by atoms with van der Waals surface area (Å²) in [5, 5.41) is 12.4. The number of hydrogen-bond donors (Lipinski definition) is 1. The number of para-hydroxylation sites is 2. The summed E-state index contributed by atoms with van der Waals surface area (Å²) < 4.78 is 7.48. The number of benzene rings is 2. The predicted molar refractivity (Wildman–Crippen MR) is 121 cm³/mol. The summed E-state index contributed by atoms with van der Waals surface area (Å²) >= 11 is 3.10. The maximum atomic E-state index is 12.4. The van der Waals surface area contributed by atoms with Crippen molar-refractivity contribution < 1.29 is 9.21 Å². The first-order valence-corrected chi connectivity index (χ1v) is 11.6. The maximum Gasteiger partial charge on any atom is 0.225 e. The number of carbonyl (C=O) groups is 1. The Morgan fingerprint density at radius 2 is 1.83 bits per heavy atom. The number of thioether (sulfide) groups is 2. The van der Waals surface area contributed by atoms with Gasteiger partial charge in [0.1, 0.15) is 0 Å². The lowest BCUT2D eigenvalue weighted by Gasteiger charge is -2.10. The van der Waals surface area contributed by atoms with Crippen molar-refractivity contribution in [2.75, 3.05) is 17.3 Å². The molecule has 0 aliphatic carbocycles. The summed E-state index contributed by atoms with van der Waals surface area (Å²) in [7, 11) is 0. The van der Waals surface area contributed by atoms with Crippen molar-refractivity contribution in [1.82, 2.24) is 14.8 Å². The molecule has 1 amide bonds. The van der Waals surface area contributed by atoms with Gasteiger partial charge in [0, 0.05) is 22.8 Å². The zero-order valence-electron chi connectivity index (χ0n) is 16.3. The van der Waals surface area contributed by atoms with Crippen LogP contribution in [0.3, 0.4) is 0 Å². The molecule has 0 spiro atoms. The molecular weight excluding hydrogens is 416 g/mol. The van der Waals surface area contributed by atoms with Crippen molar-refractivity contribution in [3.8, 4) is 17.3 Å². The molecule has 30 heavy (non-hydrogen) atoms. The van der Waals surface area contributed by atoms with Gasteiger partial charge in [0.25, 0.3) is 0 Å². The van der Waals surface area contributed by atoms with Crippen molar-refractivity contribution in [3.63, 3.8) is 0 Å². The fourth-order valence-electron chi connectivity index (χ4n) is 2.93. The van der Waals surface area contributed by atoms with Crippen LogP contribution in [0.25, 0.3) is 17.3 Å². The highest BCUT2D eigenvalue weighted by Crippen LogP contribution is 2.29. The van der Waals surface area contributed by atoms with E-state index in [2.05, 4.69) is 15.5 Å². The van der Waals surface area contributed by atoms with Gasteiger partial charge in [-0.3, -0.25) is 9.36 Å². The number of nitrogens with one attached hydrogen (secondary N) is 1. The Kier molecular flexibility index (Phi) is 6.56. The highest BCUT2D eigenvalue weighted by Gasteiger charge is 2.18. The number of carbonyl (C=O) groups excluding carboxylic acids is 1. The van der Waals surface area contributed by atoms with Gasteiger partial charge in [0.2, 0.25) is 11.7 Å². The summed E-state index contributed by atoms with van der Waals surface area (Å²) in [6.45, 7) is 0. The summed E-state index contributed by atoms with van der Waals surface area (Å²) in [6, 6.07) is 21.3. The second kappa shape index (κ2) is 9.69. The van der Waals surface area contributed by atoms with E-state index in [1.54, 1.807) is 18.0 Å². The van der Waals surface area contributed by atoms with Crippen LogP contribution in [0, 0.1) is 0 Å². The SMILES string of the molecule is CSc1ccccc1NC(=O)CCSc1nnc(-c2ccco2)n1-c1ccccc1. The molecule has 0 aliphatic heterocycles. The quantitative estimate of drug-likeness (QED) is 0.374. The molecule has 0 fully saturated rings. The lowest BCUT2D eigenvalue weighted by molar-refractivity contribution is -0.115. The summed E-state index contributed by atoms with van der Waals surface area (Å²) in [4.78, 5) is 13.5. The first-order valence-electron chi connectivity index (χ1n) is 9.36. The lowest BCUT2D eigenvalue weighted by atomic mass is 10.3. The topological polar surface area (TPSA) is 73.0 Å². The van der Waals surface area contributed by atoms with E-state index in [1.807, 2.05) is 77.6 Å². The third kappa shape index (κ3) is 4.60. The number of hydrogen-bond acceptors (Lipinski definition) is 6. The van der Waals surface area contributed by atoms with Crippen LogP contribution in [-0.2, 0) is 4.79 Å². The minimum atomic E-state index is -0.0268. The van der Waals surface area contributed by atoms with Crippen molar-refractivity contribution in [2.45, 2.75) is 16.5 Å². The van der Waals surface area contributed by atoms with Gasteiger partial charge in [-0.05, 0) is 42.7 Å². The zero-order chi connectivity index (χ0) is 20.8. The van der Waals surface area contributed by atoms with E-state index in [-0.39, 0.29) is 5.91 Å². The highest BCUT2D eigenvalue weighted by molar-refractivity contribution is 7.99. The number of nitrogens with zero attached hydrogens (tertiary/aromatic N) is 3. The van der Waals surface area contributed by atoms with Crippen LogP contribution in [0.4, 0.5) is 5.69 Å². The van der Waals surface area contributed by atoms with Crippen LogP contribution in [0.15, 0.2) is 87.5 Å². The molecule has 152 valence electrons. The van der Waals surface area contributed by atoms with Crippen molar-refractivity contribution in [2.24, 2.45) is 0 Å². The average Bonchev–Trinajstić information content (AvgIpc) is 3.44. The van der Waals surface area contributed by atoms with E-state index in [4.69, 9.17) is 4.42 Å². The number of aromatic nitrogens is 3. The number of amides is 1. The van der Waals surface area contributed by atoms with Crippen LogP contribution >= 0.6 is 23.5 Å². The molecule has 8 heteroatoms. The normalized spacial score (nSPS) is 10.8. The zero-order valence-corrected chi connectivity index (χ0v) is 18.0. The summed E-state index contributed by atoms with van der Waals surface area (Å²) in [5.74, 6) is 1.83. The second-order valence-corrected chi connectivity index (χ2v) is 8.21. The van der Waals surface area contributed by atoms with Crippen LogP contribution in [-0.4, -0.2) is 32.7 Å². The second-order valence-electron chi connectivity index (χ2n) is 6.30. The fraction of sp³-hybridized carbons (Fsp3) is 0.136. The van der Waals surface area contributed by atoms with Gasteiger partial charge in [0.05, 0.1) is 12.0 Å². The first kappa shape index (κ1) is 20.3. The molecule has 2 aromatic carbocycles. The molecule has 0 unspecified atom stereocenters. The third-order valence-corrected chi connectivity index (χ3v) is 6.06. The lowest BCUT2D eigenvalue weighted by Crippen LogP contribution is -2.13. The van der Waals surface area contributed by atoms with Crippen LogP contribution in [0.2, 0.25) is 0 Å². The Balaban J connectivity index is 1.47. The monoisotopic (exact) mass is 436 g/mol. The van der Waals surface area contributed by atoms with Crippen LogP contribution in [0.1, 0.15) is 6.42 Å². The molecule has 0 saturated carbocycles. The Hall–Kier alpha value is -2.97. The molecule has 4 aromatic rings. The molecule has 0 saturated heterocycles. The molecule has 6 nitrogen and oxygen atoms in total. The maximum absolute atomic E-state index is 12.4. The molecular formula is C22H20N4O2S2. The molecule has 0 atom stereocenters. The Labute approximate surface area is 183 Å². The van der Waals surface area contributed by atoms with Gasteiger partial charge >= 0.3 is 0 Å². The van der Waals surface area contributed by atoms with E-state index in [9.17, 15) is 4.79 Å². The molecule has 0 bridgehead atoms. The number of rotatable bonds is 8. The predicted octanol–water partition coefficient (Wildman–Crippen LogP) is 5.37. The third-order valence-electron chi connectivity index (χ3n) is 4.33. The van der Waals surface area contributed by atoms with Gasteiger partial charge in [0.15, 0.2) is 10.9 Å². The molecule has 2 heterocycles. The average molecular weight is 437 g/mol. The smallest absolute Gasteiger partial charge is 0.225 e. The van der Waals surface area contributed by atoms with E-state index in [0.29, 0.717) is 28.9 Å². The molecule has 4 rings (SSSR count). The van der Waals surface area contributed by atoms with E-state index < -0.39 is 0 Å². The van der Waals surface area contributed by atoms with Crippen LogP contribution < -0.4 is 5.32 Å². The van der Waals surface area contributed by atoms with E-state index >= 15 is 0 Å². The van der Waals surface area contributed by atoms with Crippen molar-refractivity contribution in [3.05, 3.63) is 73.0 Å². The van der Waals surface area contributed by atoms with Crippen molar-refractivity contribution in [1.29, 1.82) is 0 Å². The summed E-state index contributed by atoms with van der Waals surface area (Å²) in [6.07, 6.45) is 3.97. The van der Waals surface area contributed by atoms with Gasteiger partial charge in [-0.15, -0.1) is 22.0 Å². The molecule has 0 aliphatic rings. The summed E-state index contributed by atoms with van der Waals surface area (Å²) in [5.41, 5.74) is 1.78. The largest absolute Gasteiger partial charge is 0.461 e. The minimum absolute atomic E-state index is 0.0268. The first-order chi connectivity index (χ1) is 14.8. The van der Waals surface area contributed by atoms with E-state index in [1.165, 1.54) is 11.8 Å². The van der Waals surface area contributed by atoms with E-state index in [0.717, 1.165) is 16.3 Å². The number of anilines is 1. The minimum Gasteiger partial charge on any atom is -0.461 e. The van der Waals surface area contributed by atoms with Gasteiger partial charge in [-0.25, -0.2) is 0 Å². The van der Waals surface area contributed by atoms with Crippen LogP contribution in [0.5, 0.6) is 0 Å². The van der Waals surface area contributed by atoms with Gasteiger partial charge in [-0.2, -0.15) is 0 Å². The van der Waals surface area contributed by atoms with Gasteiger partial charge in [-0.1, -0.05) is 42.1 Å². The van der Waals surface area contributed by atoms with Crippen molar-refractivity contribution >= 4 is 35.1 Å². The Morgan fingerprint density at radius 3 is 2.60 bits per heavy atom. The molecule has 1 N–H and O–H groups in total. The Bertz CT molecular complexity index is 1110.